The Kier molecular flexibility index (Phi) is 1.10. The fraction of sp³-hybridized carbons (Fsp3) is 0.500. The summed E-state index contributed by atoms with van der Waals surface area (Å²) in [7, 11) is 0. The summed E-state index contributed by atoms with van der Waals surface area (Å²) in [5.41, 5.74) is 0. The van der Waals surface area contributed by atoms with E-state index in [1.54, 1.807) is 5.32 Å². The third kappa shape index (κ3) is 0.685. The predicted octanol–water partition coefficient (Wildman–Crippen LogP) is 1.70. The summed E-state index contributed by atoms with van der Waals surface area (Å²) >= 11 is 1.98. The Morgan fingerprint density at radius 3 is 3.00 bits per heavy atom. The minimum atomic E-state index is 0.780. The molecule has 2 heterocycles. The van der Waals surface area contributed by atoms with Crippen molar-refractivity contribution in [3.8, 4) is 0 Å². The molecule has 3 rings (SSSR count). The molecule has 0 bridgehead atoms. The van der Waals surface area contributed by atoms with E-state index in [0.717, 1.165) is 43.9 Å². The van der Waals surface area contributed by atoms with E-state index in [2.05, 4.69) is 24.3 Å². The van der Waals surface area contributed by atoms with Gasteiger partial charge < -0.3 is 0 Å². The Morgan fingerprint density at radius 2 is 2.30 bits per heavy atom. The number of allylic oxidation sites excluding steroid dienone is 4. The summed E-state index contributed by atoms with van der Waals surface area (Å²) in [5, 5.41) is 1.57. The van der Waals surface area contributed by atoms with Crippen molar-refractivity contribution in [3.05, 3.63) is 24.3 Å². The average molecular weight is 262 g/mol. The average Bonchev–Trinajstić information content (AvgIpc) is 2.84. The van der Waals surface area contributed by atoms with Gasteiger partial charge in [0.25, 0.3) is 0 Å². The van der Waals surface area contributed by atoms with Gasteiger partial charge in [0.2, 0.25) is 0 Å². The number of rotatable bonds is 1. The van der Waals surface area contributed by atoms with Crippen LogP contribution < -0.4 is 0 Å². The molecule has 0 aromatic heterocycles. The maximum atomic E-state index is 2.50. The van der Waals surface area contributed by atoms with E-state index < -0.39 is 0 Å². The first-order valence-electron chi connectivity index (χ1n) is 3.57. The molecule has 2 heteroatoms. The van der Waals surface area contributed by atoms with Crippen LogP contribution in [0.15, 0.2) is 24.3 Å². The van der Waals surface area contributed by atoms with Gasteiger partial charge in [-0.15, -0.1) is 0 Å². The first-order valence-corrected chi connectivity index (χ1v) is 7.62. The molecule has 0 saturated carbocycles. The molecule has 2 aliphatic heterocycles. The third-order valence-electron chi connectivity index (χ3n) is 2.31. The Hall–Kier alpha value is 0.519. The maximum absolute atomic E-state index is 2.50. The SMILES string of the molecule is C1=CC2[Se]C2(C2C[Se]2)C=C1. The Balaban J connectivity index is 1.95. The van der Waals surface area contributed by atoms with E-state index >= 15 is 0 Å². The summed E-state index contributed by atoms with van der Waals surface area (Å²) in [6.45, 7) is 0. The van der Waals surface area contributed by atoms with Crippen LogP contribution in [-0.4, -0.2) is 29.9 Å². The summed E-state index contributed by atoms with van der Waals surface area (Å²) in [6, 6.07) is 0. The van der Waals surface area contributed by atoms with Crippen LogP contribution in [-0.2, 0) is 0 Å². The second kappa shape index (κ2) is 1.81. The van der Waals surface area contributed by atoms with Gasteiger partial charge in [0.15, 0.2) is 0 Å². The number of fused-ring (bicyclic) bond motifs is 1. The molecule has 0 spiro atoms. The molecule has 0 aromatic rings. The summed E-state index contributed by atoms with van der Waals surface area (Å²) < 4.78 is 0.780. The Labute approximate surface area is 73.5 Å². The van der Waals surface area contributed by atoms with E-state index in [4.69, 9.17) is 0 Å². The van der Waals surface area contributed by atoms with E-state index in [0.29, 0.717) is 0 Å². The van der Waals surface area contributed by atoms with E-state index in [1.807, 2.05) is 0 Å². The molecule has 1 aliphatic carbocycles. The van der Waals surface area contributed by atoms with Crippen LogP contribution in [0, 0.1) is 0 Å². The Morgan fingerprint density at radius 1 is 1.40 bits per heavy atom. The van der Waals surface area contributed by atoms with Crippen LogP contribution in [0.2, 0.25) is 19.3 Å². The predicted molar refractivity (Wildman–Crippen MR) is 44.8 cm³/mol. The molecular formula is C8H8Se2. The zero-order valence-electron chi connectivity index (χ0n) is 5.49. The van der Waals surface area contributed by atoms with Crippen molar-refractivity contribution in [2.75, 3.05) is 0 Å². The fourth-order valence-corrected chi connectivity index (χ4v) is 8.31. The topological polar surface area (TPSA) is 0 Å². The van der Waals surface area contributed by atoms with Gasteiger partial charge in [-0.3, -0.25) is 0 Å². The molecule has 10 heavy (non-hydrogen) atoms. The van der Waals surface area contributed by atoms with Gasteiger partial charge in [-0.05, 0) is 0 Å². The summed E-state index contributed by atoms with van der Waals surface area (Å²) in [4.78, 5) is 2.17. The van der Waals surface area contributed by atoms with Gasteiger partial charge in [0.05, 0.1) is 0 Å². The van der Waals surface area contributed by atoms with Crippen molar-refractivity contribution in [3.63, 3.8) is 0 Å². The second-order valence-corrected chi connectivity index (χ2v) is 8.59. The summed E-state index contributed by atoms with van der Waals surface area (Å²) in [6.07, 6.45) is 9.41. The zero-order valence-corrected chi connectivity index (χ0v) is 8.91. The van der Waals surface area contributed by atoms with Gasteiger partial charge in [0, 0.05) is 0 Å². The molecule has 0 aromatic carbocycles. The van der Waals surface area contributed by atoms with Crippen LogP contribution >= 0.6 is 0 Å². The van der Waals surface area contributed by atoms with E-state index in [-0.39, 0.29) is 0 Å². The van der Waals surface area contributed by atoms with Crippen LogP contribution in [0.1, 0.15) is 0 Å². The molecule has 3 unspecified atom stereocenters. The molecule has 2 fully saturated rings. The van der Waals surface area contributed by atoms with Gasteiger partial charge in [-0.1, -0.05) is 0 Å². The van der Waals surface area contributed by atoms with Gasteiger partial charge in [-0.25, -0.2) is 0 Å². The summed E-state index contributed by atoms with van der Waals surface area (Å²) in [5.74, 6) is 0. The monoisotopic (exact) mass is 264 g/mol. The normalized spacial score (nSPS) is 54.4. The minimum absolute atomic E-state index is 0.780. The first kappa shape index (κ1) is 6.08. The molecule has 0 N–H and O–H groups in total. The molecule has 2 saturated heterocycles. The van der Waals surface area contributed by atoms with E-state index in [9.17, 15) is 0 Å². The van der Waals surface area contributed by atoms with Gasteiger partial charge in [0.1, 0.15) is 0 Å². The molecule has 0 amide bonds. The first-order chi connectivity index (χ1) is 4.92. The molecule has 0 nitrogen and oxygen atoms in total. The van der Waals surface area contributed by atoms with Crippen molar-refractivity contribution in [1.29, 1.82) is 0 Å². The second-order valence-electron chi connectivity index (χ2n) is 2.96. The van der Waals surface area contributed by atoms with Crippen molar-refractivity contribution in [2.45, 2.75) is 19.3 Å². The van der Waals surface area contributed by atoms with Crippen molar-refractivity contribution >= 4 is 29.9 Å². The Bertz CT molecular complexity index is 227. The zero-order chi connectivity index (χ0) is 6.60. The number of hydrogen-bond donors (Lipinski definition) is 0. The molecule has 52 valence electrons. The van der Waals surface area contributed by atoms with Crippen LogP contribution in [0.4, 0.5) is 0 Å². The molecule has 3 aliphatic rings. The van der Waals surface area contributed by atoms with Crippen LogP contribution in [0.3, 0.4) is 0 Å². The van der Waals surface area contributed by atoms with Crippen LogP contribution in [0.5, 0.6) is 0 Å². The van der Waals surface area contributed by atoms with Crippen molar-refractivity contribution in [1.82, 2.24) is 0 Å². The van der Waals surface area contributed by atoms with Gasteiger partial charge in [-0.2, -0.15) is 0 Å². The van der Waals surface area contributed by atoms with Crippen molar-refractivity contribution < 1.29 is 0 Å². The van der Waals surface area contributed by atoms with Crippen LogP contribution in [0.25, 0.3) is 0 Å². The van der Waals surface area contributed by atoms with Crippen molar-refractivity contribution in [2.24, 2.45) is 0 Å². The standard InChI is InChI=1S/C8H8Se2/c1-2-4-8(7-5-9-7)6(3-1)10-8/h1-4,6-7H,5H2. The van der Waals surface area contributed by atoms with E-state index in [1.165, 1.54) is 0 Å². The number of hydrogen-bond acceptors (Lipinski definition) is 0. The quantitative estimate of drug-likeness (QED) is 0.631. The molecule has 3 atom stereocenters. The third-order valence-corrected chi connectivity index (χ3v) is 8.70. The van der Waals surface area contributed by atoms with Gasteiger partial charge >= 0.3 is 73.5 Å². The molecule has 0 radical (unpaired) electrons. The fourth-order valence-electron chi connectivity index (χ4n) is 1.56. The molecular weight excluding hydrogens is 254 g/mol.